The summed E-state index contributed by atoms with van der Waals surface area (Å²) in [6.07, 6.45) is -0.582. The molecule has 3 aliphatic rings. The van der Waals surface area contributed by atoms with Crippen LogP contribution in [0.5, 0.6) is 11.5 Å². The predicted molar refractivity (Wildman–Crippen MR) is 79.5 cm³/mol. The van der Waals surface area contributed by atoms with Crippen molar-refractivity contribution in [1.82, 2.24) is 4.31 Å². The molecule has 0 radical (unpaired) electrons. The largest absolute Gasteiger partial charge is 0.478 e. The number of rotatable bonds is 3. The van der Waals surface area contributed by atoms with Crippen molar-refractivity contribution in [1.29, 1.82) is 0 Å². The van der Waals surface area contributed by atoms with Gasteiger partial charge in [-0.15, -0.1) is 0 Å². The molecule has 0 N–H and O–H groups in total. The molecule has 0 amide bonds. The standard InChI is InChI=1S/C15H17F2NO5S/c16-10-1-2-11(17)15-14(10)22-12-5-18(6-13(12)23-15)24(19,20)8-9-3-4-21-7-9/h1-2,9,12-13H,3-8H2/t9?,12-,13+. The SMILES string of the molecule is O=S(=O)(CC1CCOC1)N1C[C@@H]2Oc3c(F)ccc(F)c3O[C@@H]2C1. The summed E-state index contributed by atoms with van der Waals surface area (Å²) >= 11 is 0. The van der Waals surface area contributed by atoms with Gasteiger partial charge in [0.2, 0.25) is 21.5 Å². The van der Waals surface area contributed by atoms with Crippen molar-refractivity contribution < 1.29 is 31.4 Å². The van der Waals surface area contributed by atoms with E-state index < -0.39 is 33.9 Å². The lowest BCUT2D eigenvalue weighted by Gasteiger charge is -2.28. The number of ether oxygens (including phenoxy) is 3. The highest BCUT2D eigenvalue weighted by Gasteiger charge is 2.46. The first-order valence-electron chi connectivity index (χ1n) is 7.81. The molecular weight excluding hydrogens is 344 g/mol. The smallest absolute Gasteiger partial charge is 0.214 e. The summed E-state index contributed by atoms with van der Waals surface area (Å²) in [4.78, 5) is 0. The third-order valence-corrected chi connectivity index (χ3v) is 6.58. The van der Waals surface area contributed by atoms with E-state index >= 15 is 0 Å². The minimum atomic E-state index is -3.50. The highest BCUT2D eigenvalue weighted by atomic mass is 32.2. The van der Waals surface area contributed by atoms with Gasteiger partial charge >= 0.3 is 0 Å². The maximum absolute atomic E-state index is 13.8. The van der Waals surface area contributed by atoms with E-state index in [-0.39, 0.29) is 36.3 Å². The van der Waals surface area contributed by atoms with Crippen LogP contribution in [0.15, 0.2) is 12.1 Å². The van der Waals surface area contributed by atoms with Gasteiger partial charge in [-0.2, -0.15) is 4.31 Å². The number of hydrogen-bond donors (Lipinski definition) is 0. The van der Waals surface area contributed by atoms with Crippen molar-refractivity contribution in [2.75, 3.05) is 32.1 Å². The molecule has 9 heteroatoms. The molecule has 2 fully saturated rings. The van der Waals surface area contributed by atoms with Crippen LogP contribution in [0, 0.1) is 17.6 Å². The van der Waals surface area contributed by atoms with Crippen LogP contribution in [0.25, 0.3) is 0 Å². The molecule has 24 heavy (non-hydrogen) atoms. The zero-order valence-electron chi connectivity index (χ0n) is 12.8. The van der Waals surface area contributed by atoms with Gasteiger partial charge in [-0.25, -0.2) is 17.2 Å². The summed E-state index contributed by atoms with van der Waals surface area (Å²) < 4.78 is 70.2. The Morgan fingerprint density at radius 2 is 1.67 bits per heavy atom. The monoisotopic (exact) mass is 361 g/mol. The third kappa shape index (κ3) is 2.74. The molecule has 4 rings (SSSR count). The van der Waals surface area contributed by atoms with Crippen LogP contribution < -0.4 is 9.47 Å². The fourth-order valence-corrected chi connectivity index (χ4v) is 5.14. The minimum Gasteiger partial charge on any atom is -0.478 e. The summed E-state index contributed by atoms with van der Waals surface area (Å²) in [6.45, 7) is 1.15. The first-order chi connectivity index (χ1) is 11.4. The first kappa shape index (κ1) is 16.0. The molecule has 2 saturated heterocycles. The lowest BCUT2D eigenvalue weighted by atomic mass is 10.2. The molecule has 132 valence electrons. The topological polar surface area (TPSA) is 65.1 Å². The van der Waals surface area contributed by atoms with Crippen molar-refractivity contribution >= 4 is 10.0 Å². The summed E-state index contributed by atoms with van der Waals surface area (Å²) in [5, 5.41) is 0. The van der Waals surface area contributed by atoms with Crippen LogP contribution in [0.4, 0.5) is 8.78 Å². The van der Waals surface area contributed by atoms with Gasteiger partial charge < -0.3 is 14.2 Å². The Bertz CT molecular complexity index is 711. The van der Waals surface area contributed by atoms with Crippen LogP contribution in [-0.4, -0.2) is 57.0 Å². The highest BCUT2D eigenvalue weighted by molar-refractivity contribution is 7.89. The predicted octanol–water partition coefficient (Wildman–Crippen LogP) is 1.16. The lowest BCUT2D eigenvalue weighted by Crippen LogP contribution is -2.39. The van der Waals surface area contributed by atoms with Crippen LogP contribution in [0.2, 0.25) is 0 Å². The number of hydrogen-bond acceptors (Lipinski definition) is 5. The normalized spacial score (nSPS) is 29.7. The van der Waals surface area contributed by atoms with Gasteiger partial charge in [0.05, 0.1) is 25.4 Å². The fraction of sp³-hybridized carbons (Fsp3) is 0.600. The average molecular weight is 361 g/mol. The van der Waals surface area contributed by atoms with Gasteiger partial charge in [-0.3, -0.25) is 0 Å². The lowest BCUT2D eigenvalue weighted by molar-refractivity contribution is 0.0467. The summed E-state index contributed by atoms with van der Waals surface area (Å²) in [6, 6.07) is 1.92. The molecule has 3 heterocycles. The Hall–Kier alpha value is -1.45. The number of fused-ring (bicyclic) bond motifs is 2. The molecule has 0 saturated carbocycles. The number of benzene rings is 1. The summed E-state index contributed by atoms with van der Waals surface area (Å²) in [5.41, 5.74) is 0. The van der Waals surface area contributed by atoms with Crippen LogP contribution in [0.1, 0.15) is 6.42 Å². The molecule has 3 aliphatic heterocycles. The Balaban J connectivity index is 1.51. The maximum Gasteiger partial charge on any atom is 0.214 e. The van der Waals surface area contributed by atoms with Gasteiger partial charge in [-0.05, 0) is 24.5 Å². The van der Waals surface area contributed by atoms with E-state index in [4.69, 9.17) is 14.2 Å². The third-order valence-electron chi connectivity index (χ3n) is 4.60. The highest BCUT2D eigenvalue weighted by Crippen LogP contribution is 2.40. The van der Waals surface area contributed by atoms with Gasteiger partial charge in [0, 0.05) is 6.61 Å². The molecule has 3 atom stereocenters. The van der Waals surface area contributed by atoms with E-state index in [0.717, 1.165) is 18.6 Å². The molecule has 0 aliphatic carbocycles. The van der Waals surface area contributed by atoms with Gasteiger partial charge in [-0.1, -0.05) is 0 Å². The first-order valence-corrected chi connectivity index (χ1v) is 9.42. The van der Waals surface area contributed by atoms with Gasteiger partial charge in [0.1, 0.15) is 0 Å². The molecule has 0 spiro atoms. The summed E-state index contributed by atoms with van der Waals surface area (Å²) in [5.74, 6) is -2.06. The van der Waals surface area contributed by atoms with E-state index in [2.05, 4.69) is 0 Å². The Labute approximate surface area is 138 Å². The molecular formula is C15H17F2NO5S. The Kier molecular flexibility index (Phi) is 3.89. The van der Waals surface area contributed by atoms with Gasteiger partial charge in [0.25, 0.3) is 0 Å². The van der Waals surface area contributed by atoms with E-state index in [1.54, 1.807) is 0 Å². The number of halogens is 2. The molecule has 0 bridgehead atoms. The second-order valence-electron chi connectivity index (χ2n) is 6.33. The molecule has 1 aromatic carbocycles. The number of nitrogens with zero attached hydrogens (tertiary/aromatic N) is 1. The van der Waals surface area contributed by atoms with Crippen LogP contribution in [-0.2, 0) is 14.8 Å². The van der Waals surface area contributed by atoms with Crippen molar-refractivity contribution in [2.24, 2.45) is 5.92 Å². The van der Waals surface area contributed by atoms with Gasteiger partial charge in [0.15, 0.2) is 23.8 Å². The van der Waals surface area contributed by atoms with Crippen molar-refractivity contribution in [3.8, 4) is 11.5 Å². The van der Waals surface area contributed by atoms with Crippen molar-refractivity contribution in [2.45, 2.75) is 18.6 Å². The second-order valence-corrected chi connectivity index (χ2v) is 8.34. The molecule has 6 nitrogen and oxygen atoms in total. The second kappa shape index (κ2) is 5.82. The van der Waals surface area contributed by atoms with E-state index in [9.17, 15) is 17.2 Å². The number of sulfonamides is 1. The average Bonchev–Trinajstić information content (AvgIpc) is 3.18. The zero-order valence-corrected chi connectivity index (χ0v) is 13.6. The molecule has 1 aromatic rings. The minimum absolute atomic E-state index is 0.00209. The fourth-order valence-electron chi connectivity index (χ4n) is 3.32. The van der Waals surface area contributed by atoms with Crippen LogP contribution >= 0.6 is 0 Å². The Morgan fingerprint density at radius 3 is 2.17 bits per heavy atom. The maximum atomic E-state index is 13.8. The molecule has 0 aromatic heterocycles. The quantitative estimate of drug-likeness (QED) is 0.808. The Morgan fingerprint density at radius 1 is 1.08 bits per heavy atom. The van der Waals surface area contributed by atoms with Crippen molar-refractivity contribution in [3.05, 3.63) is 23.8 Å². The zero-order chi connectivity index (χ0) is 16.9. The summed E-state index contributed by atoms with van der Waals surface area (Å²) in [7, 11) is -3.50. The van der Waals surface area contributed by atoms with Crippen LogP contribution in [0.3, 0.4) is 0 Å². The van der Waals surface area contributed by atoms with E-state index in [1.165, 1.54) is 4.31 Å². The van der Waals surface area contributed by atoms with Crippen molar-refractivity contribution in [3.63, 3.8) is 0 Å². The van der Waals surface area contributed by atoms with E-state index in [1.807, 2.05) is 0 Å². The van der Waals surface area contributed by atoms with E-state index in [0.29, 0.717) is 13.2 Å². The molecule has 1 unspecified atom stereocenters.